The summed E-state index contributed by atoms with van der Waals surface area (Å²) in [6.07, 6.45) is 11.1. The van der Waals surface area contributed by atoms with Crippen LogP contribution in [0.1, 0.15) is 58.3 Å². The van der Waals surface area contributed by atoms with Crippen molar-refractivity contribution in [2.75, 3.05) is 6.54 Å². The highest BCUT2D eigenvalue weighted by molar-refractivity contribution is 4.92. The van der Waals surface area contributed by atoms with Crippen LogP contribution in [-0.4, -0.2) is 18.1 Å². The van der Waals surface area contributed by atoms with Gasteiger partial charge >= 0.3 is 0 Å². The van der Waals surface area contributed by atoms with Crippen molar-refractivity contribution in [3.63, 3.8) is 0 Å². The summed E-state index contributed by atoms with van der Waals surface area (Å²) in [5.41, 5.74) is 6.16. The Morgan fingerprint density at radius 1 is 1.13 bits per heavy atom. The van der Waals surface area contributed by atoms with Crippen LogP contribution in [0.15, 0.2) is 0 Å². The van der Waals surface area contributed by atoms with E-state index in [0.717, 1.165) is 18.5 Å². The summed E-state index contributed by atoms with van der Waals surface area (Å²) in [4.78, 5) is 0. The molecule has 2 heteroatoms. The molecule has 0 bridgehead atoms. The molecule has 2 rings (SSSR count). The minimum atomic E-state index is 0.208. The Morgan fingerprint density at radius 3 is 2.27 bits per heavy atom. The van der Waals surface area contributed by atoms with Crippen molar-refractivity contribution in [3.8, 4) is 0 Å². The van der Waals surface area contributed by atoms with Gasteiger partial charge in [-0.25, -0.2) is 0 Å². The lowest BCUT2D eigenvalue weighted by Crippen LogP contribution is -2.53. The van der Waals surface area contributed by atoms with E-state index in [4.69, 9.17) is 5.73 Å². The fourth-order valence-electron chi connectivity index (χ4n) is 3.10. The maximum Gasteiger partial charge on any atom is 0.0280 e. The summed E-state index contributed by atoms with van der Waals surface area (Å²) in [6, 6.07) is 0.749. The van der Waals surface area contributed by atoms with Crippen LogP contribution in [0.4, 0.5) is 0 Å². The molecule has 2 saturated carbocycles. The standard InChI is InChI=1S/C13H26N2/c1-13(10-14,9-11-5-4-6-11)15-12-7-2-3-8-12/h11-12,15H,2-10,14H2,1H3. The van der Waals surface area contributed by atoms with Crippen molar-refractivity contribution in [3.05, 3.63) is 0 Å². The van der Waals surface area contributed by atoms with Crippen LogP contribution in [-0.2, 0) is 0 Å². The molecule has 15 heavy (non-hydrogen) atoms. The molecule has 2 nitrogen and oxygen atoms in total. The van der Waals surface area contributed by atoms with Gasteiger partial charge in [0.2, 0.25) is 0 Å². The second-order valence-corrected chi connectivity index (χ2v) is 5.89. The average molecular weight is 210 g/mol. The number of rotatable bonds is 5. The zero-order chi connectivity index (χ0) is 10.7. The van der Waals surface area contributed by atoms with Gasteiger partial charge in [0.05, 0.1) is 0 Å². The van der Waals surface area contributed by atoms with Gasteiger partial charge in [-0.1, -0.05) is 32.1 Å². The second kappa shape index (κ2) is 4.84. The smallest absolute Gasteiger partial charge is 0.0280 e. The molecule has 0 aromatic carbocycles. The highest BCUT2D eigenvalue weighted by atomic mass is 15.0. The first-order valence-corrected chi connectivity index (χ1v) is 6.70. The third kappa shape index (κ3) is 2.94. The van der Waals surface area contributed by atoms with Crippen LogP contribution in [0.3, 0.4) is 0 Å². The molecule has 0 aromatic heterocycles. The predicted molar refractivity (Wildman–Crippen MR) is 64.8 cm³/mol. The van der Waals surface area contributed by atoms with E-state index in [0.29, 0.717) is 0 Å². The highest BCUT2D eigenvalue weighted by Gasteiger charge is 2.32. The molecule has 2 aliphatic rings. The first-order valence-electron chi connectivity index (χ1n) is 6.70. The van der Waals surface area contributed by atoms with Gasteiger partial charge in [-0.3, -0.25) is 0 Å². The lowest BCUT2D eigenvalue weighted by Gasteiger charge is -2.39. The second-order valence-electron chi connectivity index (χ2n) is 5.89. The molecule has 0 heterocycles. The van der Waals surface area contributed by atoms with Crippen molar-refractivity contribution < 1.29 is 0 Å². The summed E-state index contributed by atoms with van der Waals surface area (Å²) in [7, 11) is 0. The maximum absolute atomic E-state index is 5.95. The summed E-state index contributed by atoms with van der Waals surface area (Å²) in [6.45, 7) is 3.11. The lowest BCUT2D eigenvalue weighted by atomic mass is 9.76. The molecule has 0 aliphatic heterocycles. The van der Waals surface area contributed by atoms with Gasteiger partial charge in [-0.15, -0.1) is 0 Å². The number of hydrogen-bond acceptors (Lipinski definition) is 2. The van der Waals surface area contributed by atoms with Crippen LogP contribution in [0.2, 0.25) is 0 Å². The number of nitrogens with one attached hydrogen (secondary N) is 1. The van der Waals surface area contributed by atoms with Crippen molar-refractivity contribution in [2.45, 2.75) is 69.9 Å². The molecule has 3 N–H and O–H groups in total. The Balaban J connectivity index is 1.81. The molecule has 0 amide bonds. The quantitative estimate of drug-likeness (QED) is 0.731. The first-order chi connectivity index (χ1) is 7.22. The SMILES string of the molecule is CC(CN)(CC1CCC1)NC1CCCC1. The Labute approximate surface area is 94.0 Å². The molecule has 2 aliphatic carbocycles. The molecular formula is C13H26N2. The molecule has 1 unspecified atom stereocenters. The minimum absolute atomic E-state index is 0.208. The van der Waals surface area contributed by atoms with E-state index in [1.54, 1.807) is 0 Å². The van der Waals surface area contributed by atoms with Crippen molar-refractivity contribution in [1.82, 2.24) is 5.32 Å². The molecular weight excluding hydrogens is 184 g/mol. The molecule has 88 valence electrons. The topological polar surface area (TPSA) is 38.0 Å². The zero-order valence-electron chi connectivity index (χ0n) is 10.1. The Bertz CT molecular complexity index is 195. The van der Waals surface area contributed by atoms with E-state index in [-0.39, 0.29) is 5.54 Å². The van der Waals surface area contributed by atoms with Crippen LogP contribution in [0, 0.1) is 5.92 Å². The Morgan fingerprint density at radius 2 is 1.80 bits per heavy atom. The number of hydrogen-bond donors (Lipinski definition) is 2. The molecule has 0 aromatic rings. The van der Waals surface area contributed by atoms with Gasteiger partial charge in [0.15, 0.2) is 0 Å². The Kier molecular flexibility index (Phi) is 3.68. The summed E-state index contributed by atoms with van der Waals surface area (Å²) in [5.74, 6) is 0.951. The van der Waals surface area contributed by atoms with Crippen LogP contribution < -0.4 is 11.1 Å². The third-order valence-corrected chi connectivity index (χ3v) is 4.32. The van der Waals surface area contributed by atoms with Gasteiger partial charge in [0, 0.05) is 18.1 Å². The van der Waals surface area contributed by atoms with Gasteiger partial charge < -0.3 is 11.1 Å². The zero-order valence-corrected chi connectivity index (χ0v) is 10.1. The van der Waals surface area contributed by atoms with E-state index in [9.17, 15) is 0 Å². The first kappa shape index (κ1) is 11.4. The fourth-order valence-corrected chi connectivity index (χ4v) is 3.10. The van der Waals surface area contributed by atoms with E-state index in [1.807, 2.05) is 0 Å². The summed E-state index contributed by atoms with van der Waals surface area (Å²) in [5, 5.41) is 3.82. The van der Waals surface area contributed by atoms with E-state index < -0.39 is 0 Å². The monoisotopic (exact) mass is 210 g/mol. The fraction of sp³-hybridized carbons (Fsp3) is 1.00. The van der Waals surface area contributed by atoms with E-state index in [1.165, 1.54) is 51.4 Å². The molecule has 0 radical (unpaired) electrons. The van der Waals surface area contributed by atoms with Crippen LogP contribution in [0.5, 0.6) is 0 Å². The van der Waals surface area contributed by atoms with Gasteiger partial charge in [-0.2, -0.15) is 0 Å². The summed E-state index contributed by atoms with van der Waals surface area (Å²) < 4.78 is 0. The summed E-state index contributed by atoms with van der Waals surface area (Å²) >= 11 is 0. The van der Waals surface area contributed by atoms with Crippen molar-refractivity contribution in [2.24, 2.45) is 11.7 Å². The maximum atomic E-state index is 5.95. The van der Waals surface area contributed by atoms with Gasteiger partial charge in [-0.05, 0) is 32.1 Å². The molecule has 2 fully saturated rings. The van der Waals surface area contributed by atoms with E-state index >= 15 is 0 Å². The lowest BCUT2D eigenvalue weighted by molar-refractivity contribution is 0.194. The van der Waals surface area contributed by atoms with Crippen LogP contribution in [0.25, 0.3) is 0 Å². The molecule has 0 saturated heterocycles. The molecule has 0 spiro atoms. The highest BCUT2D eigenvalue weighted by Crippen LogP contribution is 2.34. The van der Waals surface area contributed by atoms with Gasteiger partial charge in [0.1, 0.15) is 0 Å². The van der Waals surface area contributed by atoms with Crippen LogP contribution >= 0.6 is 0 Å². The Hall–Kier alpha value is -0.0800. The van der Waals surface area contributed by atoms with Crippen molar-refractivity contribution in [1.29, 1.82) is 0 Å². The van der Waals surface area contributed by atoms with Crippen molar-refractivity contribution >= 4 is 0 Å². The predicted octanol–water partition coefficient (Wildman–Crippen LogP) is 2.43. The third-order valence-electron chi connectivity index (χ3n) is 4.32. The molecule has 1 atom stereocenters. The minimum Gasteiger partial charge on any atom is -0.329 e. The largest absolute Gasteiger partial charge is 0.329 e. The number of nitrogens with two attached hydrogens (primary N) is 1. The van der Waals surface area contributed by atoms with E-state index in [2.05, 4.69) is 12.2 Å². The normalized spacial score (nSPS) is 27.6. The average Bonchev–Trinajstić information content (AvgIpc) is 2.64. The van der Waals surface area contributed by atoms with Gasteiger partial charge in [0.25, 0.3) is 0 Å².